The Labute approximate surface area is 163 Å². The summed E-state index contributed by atoms with van der Waals surface area (Å²) < 4.78 is 0. The van der Waals surface area contributed by atoms with Gasteiger partial charge in [-0.25, -0.2) is 0 Å². The molecule has 0 aliphatic heterocycles. The van der Waals surface area contributed by atoms with Gasteiger partial charge in [-0.1, -0.05) is 30.4 Å². The predicted octanol–water partition coefficient (Wildman–Crippen LogP) is 3.85. The summed E-state index contributed by atoms with van der Waals surface area (Å²) in [6, 6.07) is 14.1. The van der Waals surface area contributed by atoms with E-state index in [0.717, 1.165) is 5.56 Å². The number of carboxylic acids is 1. The van der Waals surface area contributed by atoms with Crippen LogP contribution in [0.3, 0.4) is 0 Å². The van der Waals surface area contributed by atoms with E-state index in [-0.39, 0.29) is 11.8 Å². The van der Waals surface area contributed by atoms with Crippen LogP contribution in [0.15, 0.2) is 60.7 Å². The van der Waals surface area contributed by atoms with Gasteiger partial charge in [0.1, 0.15) is 0 Å². The lowest BCUT2D eigenvalue weighted by atomic mass is 9.82. The van der Waals surface area contributed by atoms with Crippen LogP contribution in [-0.2, 0) is 9.59 Å². The summed E-state index contributed by atoms with van der Waals surface area (Å²) in [6.45, 7) is 1.83. The highest BCUT2D eigenvalue weighted by Crippen LogP contribution is 2.28. The first-order chi connectivity index (χ1) is 13.5. The SMILES string of the molecule is Cc1cc(NC(=O)[C@H]2CC=CC[C@@H]2C(=O)O)ccc1NC(=O)c1ccccc1. The largest absolute Gasteiger partial charge is 0.481 e. The molecule has 2 aromatic carbocycles. The third-order valence-electron chi connectivity index (χ3n) is 4.86. The van der Waals surface area contributed by atoms with Gasteiger partial charge >= 0.3 is 5.97 Å². The van der Waals surface area contributed by atoms with Crippen LogP contribution in [0.5, 0.6) is 0 Å². The quantitative estimate of drug-likeness (QED) is 0.689. The molecule has 0 radical (unpaired) electrons. The molecule has 0 bridgehead atoms. The van der Waals surface area contributed by atoms with Crippen LogP contribution in [-0.4, -0.2) is 22.9 Å². The van der Waals surface area contributed by atoms with Gasteiger partial charge in [0.15, 0.2) is 0 Å². The fraction of sp³-hybridized carbons (Fsp3) is 0.227. The van der Waals surface area contributed by atoms with Gasteiger partial charge < -0.3 is 15.7 Å². The van der Waals surface area contributed by atoms with Crippen molar-refractivity contribution in [3.8, 4) is 0 Å². The molecule has 0 saturated carbocycles. The zero-order chi connectivity index (χ0) is 20.1. The van der Waals surface area contributed by atoms with Gasteiger partial charge in [0, 0.05) is 16.9 Å². The number of amides is 2. The average Bonchev–Trinajstić information content (AvgIpc) is 2.70. The van der Waals surface area contributed by atoms with Crippen LogP contribution < -0.4 is 10.6 Å². The van der Waals surface area contributed by atoms with Gasteiger partial charge in [-0.2, -0.15) is 0 Å². The minimum absolute atomic E-state index is 0.209. The number of rotatable bonds is 5. The van der Waals surface area contributed by atoms with Gasteiger partial charge in [-0.05, 0) is 55.7 Å². The number of anilines is 2. The van der Waals surface area contributed by atoms with Gasteiger partial charge in [0.25, 0.3) is 5.91 Å². The van der Waals surface area contributed by atoms with Crippen molar-refractivity contribution in [3.63, 3.8) is 0 Å². The number of carbonyl (C=O) groups excluding carboxylic acids is 2. The van der Waals surface area contributed by atoms with E-state index < -0.39 is 17.8 Å². The molecule has 6 nitrogen and oxygen atoms in total. The second kappa shape index (κ2) is 8.52. The van der Waals surface area contributed by atoms with Crippen molar-refractivity contribution in [2.75, 3.05) is 10.6 Å². The summed E-state index contributed by atoms with van der Waals surface area (Å²) in [5.74, 6) is -2.79. The molecule has 28 heavy (non-hydrogen) atoms. The van der Waals surface area contributed by atoms with Crippen molar-refractivity contribution in [3.05, 3.63) is 71.8 Å². The lowest BCUT2D eigenvalue weighted by Crippen LogP contribution is -2.34. The predicted molar refractivity (Wildman–Crippen MR) is 107 cm³/mol. The third kappa shape index (κ3) is 4.46. The Morgan fingerprint density at radius 3 is 2.25 bits per heavy atom. The van der Waals surface area contributed by atoms with Crippen LogP contribution in [0.1, 0.15) is 28.8 Å². The summed E-state index contributed by atoms with van der Waals surface area (Å²) in [6.07, 6.45) is 4.41. The number of carboxylic acid groups (broad SMARTS) is 1. The molecule has 0 fully saturated rings. The van der Waals surface area contributed by atoms with E-state index in [1.54, 1.807) is 48.5 Å². The summed E-state index contributed by atoms with van der Waals surface area (Å²) in [7, 11) is 0. The van der Waals surface area contributed by atoms with Crippen molar-refractivity contribution in [1.29, 1.82) is 0 Å². The Morgan fingerprint density at radius 2 is 1.61 bits per heavy atom. The topological polar surface area (TPSA) is 95.5 Å². The highest BCUT2D eigenvalue weighted by molar-refractivity contribution is 6.05. The molecule has 144 valence electrons. The van der Waals surface area contributed by atoms with E-state index in [9.17, 15) is 19.5 Å². The van der Waals surface area contributed by atoms with E-state index in [1.807, 2.05) is 19.1 Å². The first-order valence-electron chi connectivity index (χ1n) is 9.11. The lowest BCUT2D eigenvalue weighted by Gasteiger charge is -2.24. The molecule has 0 saturated heterocycles. The van der Waals surface area contributed by atoms with Crippen LogP contribution >= 0.6 is 0 Å². The number of aryl methyl sites for hydroxylation is 1. The minimum atomic E-state index is -0.959. The molecule has 6 heteroatoms. The molecule has 1 aliphatic rings. The molecular formula is C22H22N2O4. The minimum Gasteiger partial charge on any atom is -0.481 e. The van der Waals surface area contributed by atoms with E-state index in [2.05, 4.69) is 10.6 Å². The number of allylic oxidation sites excluding steroid dienone is 2. The molecule has 0 heterocycles. The molecular weight excluding hydrogens is 356 g/mol. The number of benzene rings is 2. The fourth-order valence-electron chi connectivity index (χ4n) is 3.28. The Bertz CT molecular complexity index is 921. The lowest BCUT2D eigenvalue weighted by molar-refractivity contribution is -0.146. The molecule has 0 unspecified atom stereocenters. The first kappa shape index (κ1) is 19.4. The highest BCUT2D eigenvalue weighted by Gasteiger charge is 2.33. The maximum Gasteiger partial charge on any atom is 0.307 e. The molecule has 0 aromatic heterocycles. The van der Waals surface area contributed by atoms with Crippen LogP contribution in [0.4, 0.5) is 11.4 Å². The number of aliphatic carboxylic acids is 1. The Hall–Kier alpha value is -3.41. The number of nitrogens with one attached hydrogen (secondary N) is 2. The van der Waals surface area contributed by atoms with Crippen molar-refractivity contribution in [2.24, 2.45) is 11.8 Å². The standard InChI is InChI=1S/C22H22N2O4/c1-14-13-16(23-21(26)17-9-5-6-10-18(17)22(27)28)11-12-19(14)24-20(25)15-7-3-2-4-8-15/h2-8,11-13,17-18H,9-10H2,1H3,(H,23,26)(H,24,25)(H,27,28)/t17-,18-/m0/s1. The molecule has 2 amide bonds. The first-order valence-corrected chi connectivity index (χ1v) is 9.11. The van der Waals surface area contributed by atoms with Crippen molar-refractivity contribution >= 4 is 29.2 Å². The monoisotopic (exact) mass is 378 g/mol. The Kier molecular flexibility index (Phi) is 5.89. The number of hydrogen-bond donors (Lipinski definition) is 3. The second-order valence-corrected chi connectivity index (χ2v) is 6.83. The van der Waals surface area contributed by atoms with Gasteiger partial charge in [0.2, 0.25) is 5.91 Å². The van der Waals surface area contributed by atoms with E-state index >= 15 is 0 Å². The summed E-state index contributed by atoms with van der Waals surface area (Å²) in [5, 5.41) is 15.0. The van der Waals surface area contributed by atoms with E-state index in [4.69, 9.17) is 0 Å². The van der Waals surface area contributed by atoms with Crippen molar-refractivity contribution in [2.45, 2.75) is 19.8 Å². The molecule has 2 atom stereocenters. The molecule has 1 aliphatic carbocycles. The third-order valence-corrected chi connectivity index (χ3v) is 4.86. The molecule has 2 aromatic rings. The summed E-state index contributed by atoms with van der Waals surface area (Å²) >= 11 is 0. The Balaban J connectivity index is 1.68. The van der Waals surface area contributed by atoms with Crippen molar-refractivity contribution < 1.29 is 19.5 Å². The average molecular weight is 378 g/mol. The maximum absolute atomic E-state index is 12.6. The van der Waals surface area contributed by atoms with Gasteiger partial charge in [-0.15, -0.1) is 0 Å². The second-order valence-electron chi connectivity index (χ2n) is 6.83. The van der Waals surface area contributed by atoms with Gasteiger partial charge in [0.05, 0.1) is 11.8 Å². The van der Waals surface area contributed by atoms with Crippen LogP contribution in [0.2, 0.25) is 0 Å². The zero-order valence-electron chi connectivity index (χ0n) is 15.5. The van der Waals surface area contributed by atoms with Crippen LogP contribution in [0, 0.1) is 18.8 Å². The number of hydrogen-bond acceptors (Lipinski definition) is 3. The summed E-state index contributed by atoms with van der Waals surface area (Å²) in [4.78, 5) is 36.2. The maximum atomic E-state index is 12.6. The molecule has 0 spiro atoms. The summed E-state index contributed by atoms with van der Waals surface area (Å²) in [5.41, 5.74) is 2.57. The van der Waals surface area contributed by atoms with Gasteiger partial charge in [-0.3, -0.25) is 14.4 Å². The van der Waals surface area contributed by atoms with Crippen molar-refractivity contribution in [1.82, 2.24) is 0 Å². The van der Waals surface area contributed by atoms with E-state index in [1.165, 1.54) is 0 Å². The van der Waals surface area contributed by atoms with Crippen LogP contribution in [0.25, 0.3) is 0 Å². The van der Waals surface area contributed by atoms with E-state index in [0.29, 0.717) is 29.8 Å². The number of carbonyl (C=O) groups is 3. The molecule has 3 N–H and O–H groups in total. The Morgan fingerprint density at radius 1 is 0.929 bits per heavy atom. The fourth-order valence-corrected chi connectivity index (χ4v) is 3.28. The normalized spacial score (nSPS) is 18.3. The smallest absolute Gasteiger partial charge is 0.307 e. The zero-order valence-corrected chi connectivity index (χ0v) is 15.5. The molecule has 3 rings (SSSR count). The highest BCUT2D eigenvalue weighted by atomic mass is 16.4.